The van der Waals surface area contributed by atoms with Crippen molar-refractivity contribution < 1.29 is 19.0 Å². The number of hydrogen-bond acceptors (Lipinski definition) is 7. The van der Waals surface area contributed by atoms with E-state index in [4.69, 9.17) is 14.2 Å². The van der Waals surface area contributed by atoms with Crippen molar-refractivity contribution >= 4 is 5.97 Å². The molecule has 0 spiro atoms. The number of piperazine rings is 1. The number of carbonyl (C=O) groups excluding carboxylic acids is 1. The highest BCUT2D eigenvalue weighted by atomic mass is 16.6. The van der Waals surface area contributed by atoms with Crippen molar-refractivity contribution in [3.8, 4) is 11.5 Å². The minimum atomic E-state index is -0.430. The summed E-state index contributed by atoms with van der Waals surface area (Å²) in [5, 5.41) is 6.63. The van der Waals surface area contributed by atoms with Gasteiger partial charge in [0.2, 0.25) is 0 Å². The second kappa shape index (κ2) is 7.16. The molecule has 1 unspecified atom stereocenters. The molecule has 7 nitrogen and oxygen atoms in total. The molecule has 0 amide bonds. The number of nitrogens with zero attached hydrogens (tertiary/aromatic N) is 1. The van der Waals surface area contributed by atoms with E-state index < -0.39 is 6.23 Å². The molecule has 3 rings (SSSR count). The number of esters is 1. The van der Waals surface area contributed by atoms with E-state index in [2.05, 4.69) is 15.5 Å². The molecule has 0 aromatic heterocycles. The van der Waals surface area contributed by atoms with Gasteiger partial charge in [-0.3, -0.25) is 10.2 Å². The van der Waals surface area contributed by atoms with Crippen LogP contribution in [-0.4, -0.2) is 64.4 Å². The lowest BCUT2D eigenvalue weighted by Crippen LogP contribution is -2.46. The number of benzene rings is 1. The van der Waals surface area contributed by atoms with Crippen molar-refractivity contribution in [3.05, 3.63) is 23.3 Å². The number of fused-ring (bicyclic) bond motifs is 1. The van der Waals surface area contributed by atoms with Crippen molar-refractivity contribution in [1.29, 1.82) is 0 Å². The van der Waals surface area contributed by atoms with Crippen molar-refractivity contribution in [1.82, 2.24) is 15.5 Å². The highest BCUT2D eigenvalue weighted by Crippen LogP contribution is 2.40. The average Bonchev–Trinajstić information content (AvgIpc) is 2.91. The molecular formula is C16H23N3O4. The van der Waals surface area contributed by atoms with Crippen LogP contribution in [0.15, 0.2) is 12.1 Å². The molecular weight excluding hydrogens is 298 g/mol. The summed E-state index contributed by atoms with van der Waals surface area (Å²) in [6.07, 6.45) is -0.430. The highest BCUT2D eigenvalue weighted by Gasteiger charge is 2.35. The van der Waals surface area contributed by atoms with E-state index in [-0.39, 0.29) is 5.97 Å². The number of ether oxygens (including phenoxy) is 3. The molecule has 1 fully saturated rings. The van der Waals surface area contributed by atoms with Crippen LogP contribution in [0.3, 0.4) is 0 Å². The Balaban J connectivity index is 1.66. The molecule has 1 saturated heterocycles. The minimum Gasteiger partial charge on any atom is -0.493 e. The molecule has 2 aliphatic heterocycles. The van der Waals surface area contributed by atoms with E-state index in [1.807, 2.05) is 6.07 Å². The lowest BCUT2D eigenvalue weighted by Gasteiger charge is -2.27. The van der Waals surface area contributed by atoms with Crippen molar-refractivity contribution in [2.24, 2.45) is 0 Å². The summed E-state index contributed by atoms with van der Waals surface area (Å²) in [4.78, 5) is 14.6. The van der Waals surface area contributed by atoms with Crippen LogP contribution in [0.2, 0.25) is 0 Å². The fourth-order valence-electron chi connectivity index (χ4n) is 3.04. The third-order valence-corrected chi connectivity index (χ3v) is 4.26. The predicted octanol–water partition coefficient (Wildman–Crippen LogP) is 0.368. The van der Waals surface area contributed by atoms with Gasteiger partial charge < -0.3 is 19.5 Å². The number of nitrogens with one attached hydrogen (secondary N) is 2. The van der Waals surface area contributed by atoms with Crippen LogP contribution in [0.4, 0.5) is 0 Å². The maximum absolute atomic E-state index is 12.2. The summed E-state index contributed by atoms with van der Waals surface area (Å²) in [7, 11) is 3.07. The summed E-state index contributed by atoms with van der Waals surface area (Å²) in [6, 6.07) is 3.65. The Morgan fingerprint density at radius 2 is 2.09 bits per heavy atom. The van der Waals surface area contributed by atoms with Gasteiger partial charge in [0.1, 0.15) is 5.56 Å². The highest BCUT2D eigenvalue weighted by molar-refractivity contribution is 5.98. The average molecular weight is 321 g/mol. The van der Waals surface area contributed by atoms with Gasteiger partial charge in [0.25, 0.3) is 0 Å². The smallest absolute Gasteiger partial charge is 0.344 e. The van der Waals surface area contributed by atoms with Crippen LogP contribution in [-0.2, 0) is 4.74 Å². The Morgan fingerprint density at radius 1 is 1.30 bits per heavy atom. The van der Waals surface area contributed by atoms with E-state index in [9.17, 15) is 4.79 Å². The van der Waals surface area contributed by atoms with Gasteiger partial charge in [-0.2, -0.15) is 0 Å². The number of methoxy groups -OCH3 is 2. The molecule has 0 radical (unpaired) electrons. The second-order valence-corrected chi connectivity index (χ2v) is 5.60. The van der Waals surface area contributed by atoms with Gasteiger partial charge in [0.05, 0.1) is 14.2 Å². The Hall–Kier alpha value is -1.83. The van der Waals surface area contributed by atoms with Gasteiger partial charge in [-0.05, 0) is 12.1 Å². The van der Waals surface area contributed by atoms with E-state index in [1.165, 1.54) is 7.11 Å². The maximum Gasteiger partial charge on any atom is 0.344 e. The molecule has 1 atom stereocenters. The second-order valence-electron chi connectivity index (χ2n) is 5.60. The summed E-state index contributed by atoms with van der Waals surface area (Å²) in [5.74, 6) is 0.585. The van der Waals surface area contributed by atoms with Crippen LogP contribution in [0.5, 0.6) is 11.5 Å². The topological polar surface area (TPSA) is 72.1 Å². The van der Waals surface area contributed by atoms with Gasteiger partial charge in [0.15, 0.2) is 17.7 Å². The van der Waals surface area contributed by atoms with Crippen LogP contribution in [0.1, 0.15) is 22.1 Å². The predicted molar refractivity (Wildman–Crippen MR) is 85.0 cm³/mol. The summed E-state index contributed by atoms with van der Waals surface area (Å²) >= 11 is 0. The maximum atomic E-state index is 12.2. The normalized spacial score (nSPS) is 21.0. The molecule has 7 heteroatoms. The van der Waals surface area contributed by atoms with Gasteiger partial charge in [-0.15, -0.1) is 0 Å². The molecule has 0 bridgehead atoms. The molecule has 23 heavy (non-hydrogen) atoms. The van der Waals surface area contributed by atoms with E-state index in [0.29, 0.717) is 17.1 Å². The van der Waals surface area contributed by atoms with Gasteiger partial charge in [-0.25, -0.2) is 4.79 Å². The van der Waals surface area contributed by atoms with E-state index in [1.54, 1.807) is 13.2 Å². The summed E-state index contributed by atoms with van der Waals surface area (Å²) in [5.41, 5.74) is 1.25. The van der Waals surface area contributed by atoms with Crippen LogP contribution >= 0.6 is 0 Å². The van der Waals surface area contributed by atoms with E-state index in [0.717, 1.165) is 44.8 Å². The molecule has 0 saturated carbocycles. The third-order valence-electron chi connectivity index (χ3n) is 4.26. The number of hydrogen-bond donors (Lipinski definition) is 2. The summed E-state index contributed by atoms with van der Waals surface area (Å²) in [6.45, 7) is 5.84. The number of carbonyl (C=O) groups is 1. The number of rotatable bonds is 6. The Labute approximate surface area is 135 Å². The Morgan fingerprint density at radius 3 is 2.78 bits per heavy atom. The quantitative estimate of drug-likeness (QED) is 0.733. The van der Waals surface area contributed by atoms with Crippen LogP contribution in [0, 0.1) is 0 Å². The van der Waals surface area contributed by atoms with Crippen molar-refractivity contribution in [2.75, 3.05) is 53.5 Å². The van der Waals surface area contributed by atoms with Gasteiger partial charge in [0, 0.05) is 44.8 Å². The standard InChI is InChI=1S/C16H23N3O4/c1-21-12-4-3-11-13(14(12)22-2)16(20)23-15(11)18-7-10-19-8-5-17-6-9-19/h3-4,15,17-18H,5-10H2,1-2H3. The fourth-order valence-corrected chi connectivity index (χ4v) is 3.04. The molecule has 126 valence electrons. The van der Waals surface area contributed by atoms with Gasteiger partial charge >= 0.3 is 5.97 Å². The van der Waals surface area contributed by atoms with Gasteiger partial charge in [-0.1, -0.05) is 0 Å². The molecule has 1 aromatic rings. The van der Waals surface area contributed by atoms with Crippen LogP contribution in [0.25, 0.3) is 0 Å². The largest absolute Gasteiger partial charge is 0.493 e. The molecule has 2 aliphatic rings. The van der Waals surface area contributed by atoms with Crippen LogP contribution < -0.4 is 20.1 Å². The lowest BCUT2D eigenvalue weighted by molar-refractivity contribution is 0.0300. The monoisotopic (exact) mass is 321 g/mol. The summed E-state index contributed by atoms with van der Waals surface area (Å²) < 4.78 is 16.0. The zero-order valence-corrected chi connectivity index (χ0v) is 13.6. The zero-order chi connectivity index (χ0) is 16.2. The molecule has 2 N–H and O–H groups in total. The SMILES string of the molecule is COc1ccc2c(c1OC)C(=O)OC2NCCN1CCNCC1. The van der Waals surface area contributed by atoms with Crippen molar-refractivity contribution in [2.45, 2.75) is 6.23 Å². The van der Waals surface area contributed by atoms with Crippen molar-refractivity contribution in [3.63, 3.8) is 0 Å². The molecule has 2 heterocycles. The molecule has 0 aliphatic carbocycles. The zero-order valence-electron chi connectivity index (χ0n) is 13.6. The minimum absolute atomic E-state index is 0.379. The first-order valence-corrected chi connectivity index (χ1v) is 7.87. The Bertz CT molecular complexity index is 573. The fraction of sp³-hybridized carbons (Fsp3) is 0.562. The first-order valence-electron chi connectivity index (χ1n) is 7.87. The lowest BCUT2D eigenvalue weighted by atomic mass is 10.1. The molecule has 1 aromatic carbocycles. The number of cyclic esters (lactones) is 1. The van der Waals surface area contributed by atoms with E-state index >= 15 is 0 Å². The first-order chi connectivity index (χ1) is 11.2. The first kappa shape index (κ1) is 16.0. The third kappa shape index (κ3) is 3.26. The Kier molecular flexibility index (Phi) is 5.00.